The zero-order chi connectivity index (χ0) is 10.3. The van der Waals surface area contributed by atoms with Crippen molar-refractivity contribution in [1.29, 1.82) is 0 Å². The molecule has 4 heteroatoms. The highest BCUT2D eigenvalue weighted by molar-refractivity contribution is 9.08. The van der Waals surface area contributed by atoms with Gasteiger partial charge in [0.15, 0.2) is 5.82 Å². The van der Waals surface area contributed by atoms with E-state index in [0.29, 0.717) is 0 Å². The molecule has 15 heavy (non-hydrogen) atoms. The Labute approximate surface area is 96.9 Å². The smallest absolute Gasteiger partial charge is 0.152 e. The molecular formula is C11H12BrN3. The summed E-state index contributed by atoms with van der Waals surface area (Å²) in [5.74, 6) is 1.14. The molecular weight excluding hydrogens is 254 g/mol. The number of aromatic nitrogens is 2. The van der Waals surface area contributed by atoms with Gasteiger partial charge in [-0.1, -0.05) is 22.0 Å². The van der Waals surface area contributed by atoms with Gasteiger partial charge in [-0.25, -0.2) is 4.98 Å². The monoisotopic (exact) mass is 265 g/mol. The zero-order valence-corrected chi connectivity index (χ0v) is 9.94. The summed E-state index contributed by atoms with van der Waals surface area (Å²) in [7, 11) is 0. The molecule has 0 unspecified atom stereocenters. The van der Waals surface area contributed by atoms with Gasteiger partial charge in [0.25, 0.3) is 0 Å². The third-order valence-electron chi connectivity index (χ3n) is 2.89. The minimum Gasteiger partial charge on any atom is -0.355 e. The first-order valence-corrected chi connectivity index (χ1v) is 6.29. The topological polar surface area (TPSA) is 20.5 Å². The van der Waals surface area contributed by atoms with E-state index in [4.69, 9.17) is 0 Å². The fourth-order valence-electron chi connectivity index (χ4n) is 1.94. The van der Waals surface area contributed by atoms with Crippen LogP contribution in [0.3, 0.4) is 0 Å². The molecule has 1 aliphatic heterocycles. The van der Waals surface area contributed by atoms with E-state index in [1.807, 2.05) is 12.1 Å². The van der Waals surface area contributed by atoms with Crippen LogP contribution in [0.25, 0.3) is 5.65 Å². The van der Waals surface area contributed by atoms with Gasteiger partial charge in [-0.3, -0.25) is 0 Å². The molecule has 0 amide bonds. The molecule has 0 N–H and O–H groups in total. The first-order valence-electron chi connectivity index (χ1n) is 5.17. The van der Waals surface area contributed by atoms with Crippen LogP contribution in [0.1, 0.15) is 12.1 Å². The van der Waals surface area contributed by atoms with E-state index in [0.717, 1.165) is 29.9 Å². The summed E-state index contributed by atoms with van der Waals surface area (Å²) < 4.78 is 2.16. The van der Waals surface area contributed by atoms with Crippen molar-refractivity contribution in [3.8, 4) is 0 Å². The quantitative estimate of drug-likeness (QED) is 0.778. The fraction of sp³-hybridized carbons (Fsp3) is 0.364. The molecule has 3 heterocycles. The Morgan fingerprint density at radius 1 is 1.33 bits per heavy atom. The number of hydrogen-bond donors (Lipinski definition) is 0. The number of hydrogen-bond acceptors (Lipinski definition) is 2. The molecule has 3 rings (SSSR count). The number of pyridine rings is 1. The average Bonchev–Trinajstić information content (AvgIpc) is 2.53. The number of alkyl halides is 1. The molecule has 1 saturated heterocycles. The summed E-state index contributed by atoms with van der Waals surface area (Å²) in [5, 5.41) is 0.851. The minimum absolute atomic E-state index is 0.851. The molecule has 0 bridgehead atoms. The standard InChI is InChI=1S/C11H12BrN3/c12-8-9-11(14-5-3-6-14)13-10-4-1-2-7-15(9)10/h1-2,4,7H,3,5-6,8H2. The van der Waals surface area contributed by atoms with E-state index in [2.05, 4.69) is 42.5 Å². The normalized spacial score (nSPS) is 15.7. The van der Waals surface area contributed by atoms with Crippen molar-refractivity contribution >= 4 is 27.4 Å². The summed E-state index contributed by atoms with van der Waals surface area (Å²) in [6.07, 6.45) is 3.36. The predicted molar refractivity (Wildman–Crippen MR) is 64.7 cm³/mol. The van der Waals surface area contributed by atoms with Crippen LogP contribution >= 0.6 is 15.9 Å². The second kappa shape index (κ2) is 3.52. The SMILES string of the molecule is BrCc1c(N2CCC2)nc2ccccn12. The molecule has 2 aromatic heterocycles. The molecule has 0 aromatic carbocycles. The maximum atomic E-state index is 4.66. The van der Waals surface area contributed by atoms with Gasteiger partial charge in [0.05, 0.1) is 5.69 Å². The Hall–Kier alpha value is -1.03. The van der Waals surface area contributed by atoms with Crippen molar-refractivity contribution in [2.75, 3.05) is 18.0 Å². The molecule has 1 fully saturated rings. The van der Waals surface area contributed by atoms with Crippen LogP contribution in [-0.2, 0) is 5.33 Å². The first-order chi connectivity index (χ1) is 7.40. The van der Waals surface area contributed by atoms with Crippen molar-refractivity contribution < 1.29 is 0 Å². The van der Waals surface area contributed by atoms with Crippen molar-refractivity contribution in [1.82, 2.24) is 9.38 Å². The van der Waals surface area contributed by atoms with E-state index in [1.54, 1.807) is 0 Å². The van der Waals surface area contributed by atoms with E-state index < -0.39 is 0 Å². The summed E-state index contributed by atoms with van der Waals surface area (Å²) in [6.45, 7) is 2.29. The van der Waals surface area contributed by atoms with Gasteiger partial charge in [-0.15, -0.1) is 0 Å². The van der Waals surface area contributed by atoms with Gasteiger partial charge in [0.2, 0.25) is 0 Å². The summed E-state index contributed by atoms with van der Waals surface area (Å²) in [6, 6.07) is 6.12. The van der Waals surface area contributed by atoms with Crippen LogP contribution in [0, 0.1) is 0 Å². The highest BCUT2D eigenvalue weighted by Crippen LogP contribution is 2.27. The predicted octanol–water partition coefficient (Wildman–Crippen LogP) is 2.44. The van der Waals surface area contributed by atoms with Crippen molar-refractivity contribution in [2.24, 2.45) is 0 Å². The van der Waals surface area contributed by atoms with Crippen molar-refractivity contribution in [2.45, 2.75) is 11.8 Å². The van der Waals surface area contributed by atoms with Gasteiger partial charge in [0.1, 0.15) is 5.65 Å². The number of nitrogens with zero attached hydrogens (tertiary/aromatic N) is 3. The Bertz CT molecular complexity index is 488. The summed E-state index contributed by atoms with van der Waals surface area (Å²) in [5.41, 5.74) is 2.29. The molecule has 0 radical (unpaired) electrons. The van der Waals surface area contributed by atoms with Gasteiger partial charge >= 0.3 is 0 Å². The first kappa shape index (κ1) is 9.21. The number of halogens is 1. The molecule has 78 valence electrons. The Kier molecular flexibility index (Phi) is 2.16. The molecule has 0 spiro atoms. The summed E-state index contributed by atoms with van der Waals surface area (Å²) in [4.78, 5) is 7.00. The van der Waals surface area contributed by atoms with E-state index in [9.17, 15) is 0 Å². The lowest BCUT2D eigenvalue weighted by atomic mass is 10.2. The van der Waals surface area contributed by atoms with Gasteiger partial charge < -0.3 is 9.30 Å². The molecule has 1 aliphatic rings. The second-order valence-corrected chi connectivity index (χ2v) is 4.35. The lowest BCUT2D eigenvalue weighted by Gasteiger charge is -2.31. The summed E-state index contributed by atoms with van der Waals surface area (Å²) >= 11 is 3.54. The molecule has 0 saturated carbocycles. The highest BCUT2D eigenvalue weighted by Gasteiger charge is 2.21. The highest BCUT2D eigenvalue weighted by atomic mass is 79.9. The average molecular weight is 266 g/mol. The number of anilines is 1. The lowest BCUT2D eigenvalue weighted by Crippen LogP contribution is -2.37. The zero-order valence-electron chi connectivity index (χ0n) is 8.36. The van der Waals surface area contributed by atoms with Crippen LogP contribution < -0.4 is 4.90 Å². The van der Waals surface area contributed by atoms with Crippen LogP contribution in [0.2, 0.25) is 0 Å². The Morgan fingerprint density at radius 2 is 2.20 bits per heavy atom. The van der Waals surface area contributed by atoms with Crippen LogP contribution in [0.4, 0.5) is 5.82 Å². The fourth-order valence-corrected chi connectivity index (χ4v) is 2.46. The van der Waals surface area contributed by atoms with Crippen molar-refractivity contribution in [3.05, 3.63) is 30.1 Å². The largest absolute Gasteiger partial charge is 0.355 e. The molecule has 0 aliphatic carbocycles. The maximum Gasteiger partial charge on any atom is 0.152 e. The number of fused-ring (bicyclic) bond motifs is 1. The molecule has 3 nitrogen and oxygen atoms in total. The number of imidazole rings is 1. The van der Waals surface area contributed by atoms with Crippen LogP contribution in [0.15, 0.2) is 24.4 Å². The minimum atomic E-state index is 0.851. The van der Waals surface area contributed by atoms with Gasteiger partial charge in [-0.05, 0) is 18.6 Å². The van der Waals surface area contributed by atoms with Crippen LogP contribution in [0.5, 0.6) is 0 Å². The third-order valence-corrected chi connectivity index (χ3v) is 3.42. The number of rotatable bonds is 2. The lowest BCUT2D eigenvalue weighted by molar-refractivity contribution is 0.609. The Balaban J connectivity index is 2.19. The van der Waals surface area contributed by atoms with Crippen molar-refractivity contribution in [3.63, 3.8) is 0 Å². The van der Waals surface area contributed by atoms with E-state index >= 15 is 0 Å². The van der Waals surface area contributed by atoms with E-state index in [1.165, 1.54) is 12.1 Å². The van der Waals surface area contributed by atoms with Crippen LogP contribution in [-0.4, -0.2) is 22.5 Å². The molecule has 0 atom stereocenters. The molecule has 2 aromatic rings. The maximum absolute atomic E-state index is 4.66. The van der Waals surface area contributed by atoms with Gasteiger partial charge in [-0.2, -0.15) is 0 Å². The Morgan fingerprint density at radius 3 is 2.87 bits per heavy atom. The van der Waals surface area contributed by atoms with Gasteiger partial charge in [0, 0.05) is 24.6 Å². The third kappa shape index (κ3) is 1.35. The second-order valence-electron chi connectivity index (χ2n) is 3.79. The van der Waals surface area contributed by atoms with E-state index in [-0.39, 0.29) is 0 Å².